The molecule has 0 saturated carbocycles. The summed E-state index contributed by atoms with van der Waals surface area (Å²) in [5.74, 6) is -0.0797. The van der Waals surface area contributed by atoms with Gasteiger partial charge in [0.1, 0.15) is 5.82 Å². The number of carbonyl (C=O) groups is 2. The zero-order chi connectivity index (χ0) is 21.6. The molecule has 2 amide bonds. The number of amides is 2. The van der Waals surface area contributed by atoms with Gasteiger partial charge in [0.2, 0.25) is 5.91 Å². The van der Waals surface area contributed by atoms with Crippen LogP contribution < -0.4 is 10.6 Å². The maximum atomic E-state index is 12.9. The van der Waals surface area contributed by atoms with Crippen LogP contribution >= 0.6 is 0 Å². The first-order chi connectivity index (χ1) is 15.1. The molecule has 8 nitrogen and oxygen atoms in total. The maximum absolute atomic E-state index is 12.9. The average molecular weight is 414 g/mol. The normalized spacial score (nSPS) is 10.6. The van der Waals surface area contributed by atoms with Gasteiger partial charge in [0, 0.05) is 30.6 Å². The second kappa shape index (κ2) is 9.08. The number of aromatic nitrogens is 4. The molecule has 4 aromatic rings. The van der Waals surface area contributed by atoms with Gasteiger partial charge in [-0.15, -0.1) is 0 Å². The van der Waals surface area contributed by atoms with E-state index < -0.39 is 0 Å². The van der Waals surface area contributed by atoms with Crippen molar-refractivity contribution < 1.29 is 9.59 Å². The van der Waals surface area contributed by atoms with Crippen LogP contribution in [0.15, 0.2) is 79.1 Å². The van der Waals surface area contributed by atoms with Gasteiger partial charge in [-0.05, 0) is 35.9 Å². The monoisotopic (exact) mass is 414 g/mol. The number of para-hydroxylation sites is 1. The Morgan fingerprint density at radius 3 is 2.55 bits per heavy atom. The lowest BCUT2D eigenvalue weighted by molar-refractivity contribution is -0.115. The molecule has 2 N–H and O–H groups in total. The van der Waals surface area contributed by atoms with E-state index in [2.05, 4.69) is 20.8 Å². The van der Waals surface area contributed by atoms with Gasteiger partial charge >= 0.3 is 0 Å². The summed E-state index contributed by atoms with van der Waals surface area (Å²) in [6.07, 6.45) is 3.93. The highest BCUT2D eigenvalue weighted by molar-refractivity contribution is 6.04. The highest BCUT2D eigenvalue weighted by atomic mass is 16.2. The van der Waals surface area contributed by atoms with Crippen molar-refractivity contribution in [2.24, 2.45) is 0 Å². The average Bonchev–Trinajstić information content (AvgIpc) is 3.44. The molecule has 0 atom stereocenters. The van der Waals surface area contributed by atoms with E-state index in [0.717, 1.165) is 11.3 Å². The summed E-state index contributed by atoms with van der Waals surface area (Å²) in [6, 6.07) is 20.3. The van der Waals surface area contributed by atoms with Gasteiger partial charge in [-0.3, -0.25) is 14.3 Å². The zero-order valence-electron chi connectivity index (χ0n) is 17.0. The highest BCUT2D eigenvalue weighted by Crippen LogP contribution is 2.19. The van der Waals surface area contributed by atoms with E-state index in [0.29, 0.717) is 24.5 Å². The number of benzene rings is 2. The third-order valence-electron chi connectivity index (χ3n) is 4.62. The molecule has 2 aromatic carbocycles. The Labute approximate surface area is 179 Å². The minimum Gasteiger partial charge on any atom is -0.321 e. The Hall–Kier alpha value is -4.20. The maximum Gasteiger partial charge on any atom is 0.276 e. The van der Waals surface area contributed by atoms with Crippen LogP contribution in [0, 0.1) is 0 Å². The molecule has 8 heteroatoms. The van der Waals surface area contributed by atoms with Crippen molar-refractivity contribution in [1.82, 2.24) is 19.6 Å². The van der Waals surface area contributed by atoms with Crippen LogP contribution in [0.5, 0.6) is 0 Å². The second-order valence-electron chi connectivity index (χ2n) is 6.92. The Morgan fingerprint density at radius 2 is 1.81 bits per heavy atom. The predicted octanol–water partition coefficient (Wildman–Crippen LogP) is 3.72. The molecule has 0 unspecified atom stereocenters. The number of carbonyl (C=O) groups excluding carboxylic acids is 2. The Balaban J connectivity index is 1.56. The first-order valence-electron chi connectivity index (χ1n) is 9.95. The zero-order valence-corrected chi connectivity index (χ0v) is 17.0. The summed E-state index contributed by atoms with van der Waals surface area (Å²) in [5, 5.41) is 14.3. The summed E-state index contributed by atoms with van der Waals surface area (Å²) >= 11 is 0. The van der Waals surface area contributed by atoms with Crippen LogP contribution in [-0.2, 0) is 11.3 Å². The summed E-state index contributed by atoms with van der Waals surface area (Å²) in [7, 11) is 0. The van der Waals surface area contributed by atoms with Crippen molar-refractivity contribution in [3.63, 3.8) is 0 Å². The minimum absolute atomic E-state index is 0.157. The lowest BCUT2D eigenvalue weighted by Crippen LogP contribution is -2.14. The molecule has 2 heterocycles. The molecule has 0 fully saturated rings. The fourth-order valence-electron chi connectivity index (χ4n) is 3.10. The van der Waals surface area contributed by atoms with Crippen LogP contribution in [0.1, 0.15) is 29.4 Å². The van der Waals surface area contributed by atoms with Gasteiger partial charge in [0.15, 0.2) is 5.69 Å². The third-order valence-corrected chi connectivity index (χ3v) is 4.62. The number of nitrogens with zero attached hydrogens (tertiary/aromatic N) is 4. The first kappa shape index (κ1) is 20.1. The lowest BCUT2D eigenvalue weighted by Gasteiger charge is -2.07. The van der Waals surface area contributed by atoms with Crippen molar-refractivity contribution in [2.75, 3.05) is 10.6 Å². The number of hydrogen-bond donors (Lipinski definition) is 2. The van der Waals surface area contributed by atoms with Crippen LogP contribution in [0.25, 0.3) is 5.69 Å². The molecule has 31 heavy (non-hydrogen) atoms. The molecule has 0 aliphatic rings. The fourth-order valence-corrected chi connectivity index (χ4v) is 3.10. The molecule has 0 saturated heterocycles. The SMILES string of the molecule is CCC(=O)Nc1cc(C(=O)Nc2cccc(Cn3cccn3)c2)nn1-c1ccccc1. The largest absolute Gasteiger partial charge is 0.321 e. The lowest BCUT2D eigenvalue weighted by atomic mass is 10.2. The van der Waals surface area contributed by atoms with Gasteiger partial charge in [0.05, 0.1) is 12.2 Å². The molecule has 156 valence electrons. The first-order valence-corrected chi connectivity index (χ1v) is 9.95. The quantitative estimate of drug-likeness (QED) is 0.482. The van der Waals surface area contributed by atoms with Crippen LogP contribution in [-0.4, -0.2) is 31.4 Å². The van der Waals surface area contributed by atoms with Gasteiger partial charge in [-0.1, -0.05) is 37.3 Å². The molecule has 0 bridgehead atoms. The summed E-state index contributed by atoms with van der Waals surface area (Å²) in [6.45, 7) is 2.37. The molecule has 2 aromatic heterocycles. The Bertz CT molecular complexity index is 1180. The van der Waals surface area contributed by atoms with Gasteiger partial charge in [-0.2, -0.15) is 10.2 Å². The minimum atomic E-state index is -0.363. The molecule has 0 spiro atoms. The van der Waals surface area contributed by atoms with E-state index in [1.807, 2.05) is 71.5 Å². The van der Waals surface area contributed by atoms with Crippen molar-refractivity contribution >= 4 is 23.3 Å². The van der Waals surface area contributed by atoms with E-state index in [1.165, 1.54) is 0 Å². The molecule has 0 aliphatic heterocycles. The molecular weight excluding hydrogens is 392 g/mol. The van der Waals surface area contributed by atoms with E-state index in [-0.39, 0.29) is 17.5 Å². The van der Waals surface area contributed by atoms with E-state index in [1.54, 1.807) is 23.9 Å². The van der Waals surface area contributed by atoms with Crippen LogP contribution in [0.2, 0.25) is 0 Å². The topological polar surface area (TPSA) is 93.8 Å². The van der Waals surface area contributed by atoms with E-state index >= 15 is 0 Å². The smallest absolute Gasteiger partial charge is 0.276 e. The second-order valence-corrected chi connectivity index (χ2v) is 6.92. The van der Waals surface area contributed by atoms with Crippen molar-refractivity contribution in [3.05, 3.63) is 90.4 Å². The number of nitrogens with one attached hydrogen (secondary N) is 2. The molecule has 4 rings (SSSR count). The number of anilines is 2. The Morgan fingerprint density at radius 1 is 0.968 bits per heavy atom. The van der Waals surface area contributed by atoms with Crippen LogP contribution in [0.3, 0.4) is 0 Å². The van der Waals surface area contributed by atoms with Crippen LogP contribution in [0.4, 0.5) is 11.5 Å². The van der Waals surface area contributed by atoms with Crippen molar-refractivity contribution in [2.45, 2.75) is 19.9 Å². The predicted molar refractivity (Wildman–Crippen MR) is 118 cm³/mol. The van der Waals surface area contributed by atoms with E-state index in [4.69, 9.17) is 0 Å². The standard InChI is InChI=1S/C23H22N6O2/c1-2-22(30)26-21-15-20(27-29(21)19-10-4-3-5-11-19)23(31)25-18-9-6-8-17(14-18)16-28-13-7-12-24-28/h3-15H,2,16H2,1H3,(H,25,31)(H,26,30). The van der Waals surface area contributed by atoms with Gasteiger partial charge < -0.3 is 10.6 Å². The summed E-state index contributed by atoms with van der Waals surface area (Å²) < 4.78 is 3.36. The third kappa shape index (κ3) is 4.87. The number of rotatable bonds is 7. The van der Waals surface area contributed by atoms with Gasteiger partial charge in [0.25, 0.3) is 5.91 Å². The summed E-state index contributed by atoms with van der Waals surface area (Å²) in [4.78, 5) is 24.8. The van der Waals surface area contributed by atoms with Crippen molar-refractivity contribution in [1.29, 1.82) is 0 Å². The molecule has 0 aliphatic carbocycles. The fraction of sp³-hybridized carbons (Fsp3) is 0.130. The highest BCUT2D eigenvalue weighted by Gasteiger charge is 2.17. The molecular formula is C23H22N6O2. The number of hydrogen-bond acceptors (Lipinski definition) is 4. The molecule has 0 radical (unpaired) electrons. The van der Waals surface area contributed by atoms with Gasteiger partial charge in [-0.25, -0.2) is 4.68 Å². The van der Waals surface area contributed by atoms with E-state index in [9.17, 15) is 9.59 Å². The summed E-state index contributed by atoms with van der Waals surface area (Å²) in [5.41, 5.74) is 2.61. The Kier molecular flexibility index (Phi) is 5.89. The van der Waals surface area contributed by atoms with Crippen molar-refractivity contribution in [3.8, 4) is 5.69 Å².